The predicted octanol–water partition coefficient (Wildman–Crippen LogP) is 2.59. The highest BCUT2D eigenvalue weighted by molar-refractivity contribution is 4.97. The lowest BCUT2D eigenvalue weighted by Gasteiger charge is -2.48. The van der Waals surface area contributed by atoms with Crippen LogP contribution < -0.4 is 0 Å². The first-order valence-corrected chi connectivity index (χ1v) is 7.66. The van der Waals surface area contributed by atoms with Crippen LogP contribution in [0.1, 0.15) is 46.5 Å². The van der Waals surface area contributed by atoms with Crippen molar-refractivity contribution < 1.29 is 0 Å². The van der Waals surface area contributed by atoms with Crippen LogP contribution >= 0.6 is 0 Å². The molecule has 0 aromatic carbocycles. The number of fused-ring (bicyclic) bond motifs is 1. The van der Waals surface area contributed by atoms with Crippen molar-refractivity contribution in [2.45, 2.75) is 64.6 Å². The Balaban J connectivity index is 1.73. The van der Waals surface area contributed by atoms with Gasteiger partial charge in [0.15, 0.2) is 0 Å². The van der Waals surface area contributed by atoms with E-state index in [4.69, 9.17) is 0 Å². The summed E-state index contributed by atoms with van der Waals surface area (Å²) >= 11 is 0. The summed E-state index contributed by atoms with van der Waals surface area (Å²) in [5, 5.41) is 0. The van der Waals surface area contributed by atoms with E-state index < -0.39 is 0 Å². The quantitative estimate of drug-likeness (QED) is 0.743. The lowest BCUT2D eigenvalue weighted by molar-refractivity contribution is -0.000962. The van der Waals surface area contributed by atoms with Gasteiger partial charge in [-0.3, -0.25) is 9.80 Å². The molecule has 2 heterocycles. The Hall–Kier alpha value is -0.0800. The van der Waals surface area contributed by atoms with E-state index in [0.29, 0.717) is 0 Å². The minimum atomic E-state index is 0.803. The Morgan fingerprint density at radius 2 is 1.76 bits per heavy atom. The van der Waals surface area contributed by atoms with Gasteiger partial charge < -0.3 is 0 Å². The third kappa shape index (κ3) is 2.26. The minimum absolute atomic E-state index is 0.803. The molecule has 0 spiro atoms. The van der Waals surface area contributed by atoms with Crippen LogP contribution in [0.4, 0.5) is 0 Å². The highest BCUT2D eigenvalue weighted by Crippen LogP contribution is 2.38. The van der Waals surface area contributed by atoms with Crippen LogP contribution in [0.2, 0.25) is 0 Å². The summed E-state index contributed by atoms with van der Waals surface area (Å²) in [6.07, 6.45) is 5.84. The van der Waals surface area contributed by atoms with Crippen molar-refractivity contribution in [1.29, 1.82) is 0 Å². The zero-order chi connectivity index (χ0) is 12.0. The van der Waals surface area contributed by atoms with Crippen LogP contribution in [0.5, 0.6) is 0 Å². The van der Waals surface area contributed by atoms with Crippen molar-refractivity contribution in [1.82, 2.24) is 9.80 Å². The van der Waals surface area contributed by atoms with Gasteiger partial charge in [0.25, 0.3) is 0 Å². The Bertz CT molecular complexity index is 272. The molecule has 98 valence electrons. The fourth-order valence-corrected chi connectivity index (χ4v) is 3.98. The van der Waals surface area contributed by atoms with E-state index in [9.17, 15) is 0 Å². The monoisotopic (exact) mass is 236 g/mol. The minimum Gasteiger partial charge on any atom is -0.298 e. The SMILES string of the molecule is CC(C)C1CN2CCCC2CN1C(C)C1CC1. The molecule has 2 nitrogen and oxygen atoms in total. The molecule has 0 aromatic heterocycles. The molecule has 2 aliphatic heterocycles. The molecule has 1 aliphatic carbocycles. The first-order valence-electron chi connectivity index (χ1n) is 7.66. The normalized spacial score (nSPS) is 37.4. The smallest absolute Gasteiger partial charge is 0.0249 e. The number of hydrogen-bond acceptors (Lipinski definition) is 2. The number of piperazine rings is 1. The molecule has 3 unspecified atom stereocenters. The molecule has 2 saturated heterocycles. The van der Waals surface area contributed by atoms with Crippen molar-refractivity contribution in [3.05, 3.63) is 0 Å². The van der Waals surface area contributed by atoms with Gasteiger partial charge in [-0.05, 0) is 51.0 Å². The summed E-state index contributed by atoms with van der Waals surface area (Å²) < 4.78 is 0. The third-order valence-corrected chi connectivity index (χ3v) is 5.37. The van der Waals surface area contributed by atoms with E-state index >= 15 is 0 Å². The molecule has 0 aromatic rings. The second kappa shape index (κ2) is 4.55. The second-order valence-corrected chi connectivity index (χ2v) is 6.88. The van der Waals surface area contributed by atoms with Gasteiger partial charge in [-0.2, -0.15) is 0 Å². The standard InChI is InChI=1S/C15H28N2/c1-11(2)15-10-16-8-4-5-14(16)9-17(15)12(3)13-6-7-13/h11-15H,4-10H2,1-3H3. The Morgan fingerprint density at radius 1 is 1.00 bits per heavy atom. The average Bonchev–Trinajstić information content (AvgIpc) is 3.05. The molecule has 0 radical (unpaired) electrons. The molecule has 3 aliphatic rings. The highest BCUT2D eigenvalue weighted by Gasteiger charge is 2.42. The molecule has 3 fully saturated rings. The molecular weight excluding hydrogens is 208 g/mol. The lowest BCUT2D eigenvalue weighted by Crippen LogP contribution is -2.60. The van der Waals surface area contributed by atoms with E-state index in [0.717, 1.165) is 30.0 Å². The molecule has 3 rings (SSSR count). The average molecular weight is 236 g/mol. The van der Waals surface area contributed by atoms with Gasteiger partial charge in [0, 0.05) is 31.2 Å². The van der Waals surface area contributed by atoms with Gasteiger partial charge in [-0.15, -0.1) is 0 Å². The van der Waals surface area contributed by atoms with Crippen molar-refractivity contribution in [2.24, 2.45) is 11.8 Å². The van der Waals surface area contributed by atoms with Gasteiger partial charge in [-0.25, -0.2) is 0 Å². The molecule has 0 N–H and O–H groups in total. The van der Waals surface area contributed by atoms with E-state index in [1.54, 1.807) is 0 Å². The van der Waals surface area contributed by atoms with Crippen LogP contribution in [-0.2, 0) is 0 Å². The van der Waals surface area contributed by atoms with Gasteiger partial charge >= 0.3 is 0 Å². The first kappa shape index (κ1) is 12.0. The van der Waals surface area contributed by atoms with Gasteiger partial charge in [-0.1, -0.05) is 13.8 Å². The third-order valence-electron chi connectivity index (χ3n) is 5.37. The topological polar surface area (TPSA) is 6.48 Å². The number of hydrogen-bond donors (Lipinski definition) is 0. The summed E-state index contributed by atoms with van der Waals surface area (Å²) in [6.45, 7) is 11.3. The van der Waals surface area contributed by atoms with E-state index in [1.165, 1.54) is 45.3 Å². The summed E-state index contributed by atoms with van der Waals surface area (Å²) in [4.78, 5) is 5.63. The fourth-order valence-electron chi connectivity index (χ4n) is 3.98. The fraction of sp³-hybridized carbons (Fsp3) is 1.00. The van der Waals surface area contributed by atoms with Crippen molar-refractivity contribution in [3.63, 3.8) is 0 Å². The number of nitrogens with zero attached hydrogens (tertiary/aromatic N) is 2. The predicted molar refractivity (Wildman–Crippen MR) is 72.1 cm³/mol. The second-order valence-electron chi connectivity index (χ2n) is 6.88. The highest BCUT2D eigenvalue weighted by atomic mass is 15.3. The summed E-state index contributed by atoms with van der Waals surface area (Å²) in [5.74, 6) is 1.82. The van der Waals surface area contributed by atoms with Crippen LogP contribution in [0.25, 0.3) is 0 Å². The van der Waals surface area contributed by atoms with E-state index in [-0.39, 0.29) is 0 Å². The number of rotatable bonds is 3. The van der Waals surface area contributed by atoms with Gasteiger partial charge in [0.1, 0.15) is 0 Å². The molecule has 0 amide bonds. The van der Waals surface area contributed by atoms with Crippen LogP contribution in [-0.4, -0.2) is 47.6 Å². The maximum absolute atomic E-state index is 2.87. The first-order chi connectivity index (χ1) is 8.16. The van der Waals surface area contributed by atoms with E-state index in [1.807, 2.05) is 0 Å². The molecule has 0 bridgehead atoms. The van der Waals surface area contributed by atoms with Crippen molar-refractivity contribution in [3.8, 4) is 0 Å². The largest absolute Gasteiger partial charge is 0.298 e. The van der Waals surface area contributed by atoms with Crippen LogP contribution in [0, 0.1) is 11.8 Å². The maximum Gasteiger partial charge on any atom is 0.0249 e. The van der Waals surface area contributed by atoms with Crippen LogP contribution in [0.3, 0.4) is 0 Å². The van der Waals surface area contributed by atoms with Crippen molar-refractivity contribution >= 4 is 0 Å². The molecular formula is C15H28N2. The zero-order valence-electron chi connectivity index (χ0n) is 11.7. The maximum atomic E-state index is 2.87. The van der Waals surface area contributed by atoms with Gasteiger partial charge in [0.05, 0.1) is 0 Å². The summed E-state index contributed by atoms with van der Waals surface area (Å²) in [7, 11) is 0. The Labute approximate surface area is 106 Å². The molecule has 2 heteroatoms. The summed E-state index contributed by atoms with van der Waals surface area (Å²) in [6, 6.07) is 2.52. The van der Waals surface area contributed by atoms with Crippen molar-refractivity contribution in [2.75, 3.05) is 19.6 Å². The van der Waals surface area contributed by atoms with E-state index in [2.05, 4.69) is 30.6 Å². The molecule has 17 heavy (non-hydrogen) atoms. The Morgan fingerprint density at radius 3 is 2.41 bits per heavy atom. The molecule has 3 atom stereocenters. The summed E-state index contributed by atoms with van der Waals surface area (Å²) in [5.41, 5.74) is 0. The van der Waals surface area contributed by atoms with Gasteiger partial charge in [0.2, 0.25) is 0 Å². The zero-order valence-corrected chi connectivity index (χ0v) is 11.7. The lowest BCUT2D eigenvalue weighted by atomic mass is 9.94. The molecule has 1 saturated carbocycles. The van der Waals surface area contributed by atoms with Crippen LogP contribution in [0.15, 0.2) is 0 Å². The Kier molecular flexibility index (Phi) is 3.20.